The summed E-state index contributed by atoms with van der Waals surface area (Å²) in [6.07, 6.45) is 3.74. The van der Waals surface area contributed by atoms with Gasteiger partial charge in [0.15, 0.2) is 23.2 Å². The smallest absolute Gasteiger partial charge is 0.331 e. The molecule has 1 aliphatic heterocycles. The summed E-state index contributed by atoms with van der Waals surface area (Å²) in [6.45, 7) is 6.73. The summed E-state index contributed by atoms with van der Waals surface area (Å²) in [5, 5.41) is 12.9. The maximum absolute atomic E-state index is 13.1. The summed E-state index contributed by atoms with van der Waals surface area (Å²) in [7, 11) is 1.38. The molecule has 3 rings (SSSR count). The third-order valence-electron chi connectivity index (χ3n) is 6.47. The number of rotatable bonds is 8. The van der Waals surface area contributed by atoms with E-state index in [9.17, 15) is 14.7 Å². The molecule has 0 spiro atoms. The lowest BCUT2D eigenvalue weighted by atomic mass is 9.80. The fourth-order valence-electron chi connectivity index (χ4n) is 4.42. The average Bonchev–Trinajstić information content (AvgIpc) is 2.88. The summed E-state index contributed by atoms with van der Waals surface area (Å²) in [5.41, 5.74) is 0.945. The second kappa shape index (κ2) is 12.5. The molecule has 190 valence electrons. The van der Waals surface area contributed by atoms with Crippen LogP contribution in [0.25, 0.3) is 0 Å². The van der Waals surface area contributed by atoms with Crippen LogP contribution in [0, 0.1) is 17.8 Å². The SMILES string of the molecule is COc1ccnc(C(=O)N[C@H]2COC[C@H](CCC(C)C)[C@@H](Cc3ccccc3)[C@H](C)OC2=O)c1O. The Kier molecular flexibility index (Phi) is 9.48. The van der Waals surface area contributed by atoms with Crippen molar-refractivity contribution in [3.63, 3.8) is 0 Å². The van der Waals surface area contributed by atoms with E-state index in [0.717, 1.165) is 19.3 Å². The van der Waals surface area contributed by atoms with Crippen LogP contribution in [0.2, 0.25) is 0 Å². The van der Waals surface area contributed by atoms with E-state index in [1.807, 2.05) is 25.1 Å². The summed E-state index contributed by atoms with van der Waals surface area (Å²) in [4.78, 5) is 29.8. The van der Waals surface area contributed by atoms with E-state index < -0.39 is 23.7 Å². The van der Waals surface area contributed by atoms with E-state index in [1.54, 1.807) is 0 Å². The first-order valence-corrected chi connectivity index (χ1v) is 12.1. The van der Waals surface area contributed by atoms with Crippen LogP contribution in [0.15, 0.2) is 42.6 Å². The van der Waals surface area contributed by atoms with Crippen LogP contribution in [-0.2, 0) is 20.7 Å². The largest absolute Gasteiger partial charge is 0.503 e. The zero-order chi connectivity index (χ0) is 25.4. The van der Waals surface area contributed by atoms with Gasteiger partial charge in [-0.1, -0.05) is 50.6 Å². The third kappa shape index (κ3) is 7.18. The predicted octanol–water partition coefficient (Wildman–Crippen LogP) is 3.77. The molecule has 1 aromatic carbocycles. The lowest BCUT2D eigenvalue weighted by Crippen LogP contribution is -2.46. The quantitative estimate of drug-likeness (QED) is 0.549. The zero-order valence-electron chi connectivity index (χ0n) is 20.9. The average molecular weight is 485 g/mol. The molecule has 2 aromatic rings. The molecule has 0 unspecified atom stereocenters. The van der Waals surface area contributed by atoms with E-state index in [-0.39, 0.29) is 36.0 Å². The van der Waals surface area contributed by atoms with Crippen LogP contribution in [0.1, 0.15) is 49.7 Å². The molecule has 0 bridgehead atoms. The number of methoxy groups -OCH3 is 1. The number of hydrogen-bond donors (Lipinski definition) is 2. The van der Waals surface area contributed by atoms with Crippen LogP contribution in [0.4, 0.5) is 0 Å². The Bertz CT molecular complexity index is 981. The number of carbonyl (C=O) groups excluding carboxylic acids is 2. The molecule has 1 aromatic heterocycles. The standard InChI is InChI=1S/C27H36N2O6/c1-17(2)10-11-20-15-34-16-22(29-26(31)24-25(30)23(33-4)12-13-28-24)27(32)35-18(3)21(20)14-19-8-6-5-7-9-19/h5-9,12-13,17-18,20-22,30H,10-11,14-16H2,1-4H3,(H,29,31)/t18-,20-,21-,22-/m0/s1. The highest BCUT2D eigenvalue weighted by Crippen LogP contribution is 2.31. The van der Waals surface area contributed by atoms with Gasteiger partial charge in [-0.2, -0.15) is 0 Å². The fraction of sp³-hybridized carbons (Fsp3) is 0.519. The summed E-state index contributed by atoms with van der Waals surface area (Å²) in [6, 6.07) is 10.6. The summed E-state index contributed by atoms with van der Waals surface area (Å²) >= 11 is 0. The van der Waals surface area contributed by atoms with Gasteiger partial charge in [-0.25, -0.2) is 9.78 Å². The molecule has 1 aliphatic rings. The Morgan fingerprint density at radius 1 is 1.23 bits per heavy atom. The molecule has 0 aliphatic carbocycles. The number of amides is 1. The van der Waals surface area contributed by atoms with Gasteiger partial charge in [-0.05, 0) is 37.2 Å². The first-order valence-electron chi connectivity index (χ1n) is 12.1. The van der Waals surface area contributed by atoms with Gasteiger partial charge < -0.3 is 24.6 Å². The first-order chi connectivity index (χ1) is 16.8. The van der Waals surface area contributed by atoms with E-state index in [2.05, 4.69) is 36.3 Å². The molecule has 8 heteroatoms. The van der Waals surface area contributed by atoms with Gasteiger partial charge in [-0.3, -0.25) is 4.79 Å². The number of nitrogens with one attached hydrogen (secondary N) is 1. The van der Waals surface area contributed by atoms with E-state index in [1.165, 1.54) is 24.9 Å². The van der Waals surface area contributed by atoms with Crippen molar-refractivity contribution in [1.82, 2.24) is 10.3 Å². The van der Waals surface area contributed by atoms with Gasteiger partial charge in [-0.15, -0.1) is 0 Å². The highest BCUT2D eigenvalue weighted by Gasteiger charge is 2.35. The highest BCUT2D eigenvalue weighted by molar-refractivity contribution is 5.98. The minimum absolute atomic E-state index is 0.0295. The Morgan fingerprint density at radius 3 is 2.66 bits per heavy atom. The molecule has 35 heavy (non-hydrogen) atoms. The van der Waals surface area contributed by atoms with Gasteiger partial charge in [0.2, 0.25) is 0 Å². The number of benzene rings is 1. The van der Waals surface area contributed by atoms with Crippen molar-refractivity contribution < 1.29 is 28.9 Å². The molecule has 0 saturated carbocycles. The van der Waals surface area contributed by atoms with Gasteiger partial charge in [0.05, 0.1) is 13.7 Å². The van der Waals surface area contributed by atoms with Crippen molar-refractivity contribution in [2.45, 2.75) is 52.2 Å². The van der Waals surface area contributed by atoms with Crippen molar-refractivity contribution in [1.29, 1.82) is 0 Å². The van der Waals surface area contributed by atoms with Crippen molar-refractivity contribution >= 4 is 11.9 Å². The number of ether oxygens (including phenoxy) is 3. The summed E-state index contributed by atoms with van der Waals surface area (Å²) in [5.74, 6) is -0.754. The number of carbonyl (C=O) groups is 2. The van der Waals surface area contributed by atoms with Gasteiger partial charge >= 0.3 is 5.97 Å². The number of nitrogens with zero attached hydrogens (tertiary/aromatic N) is 1. The monoisotopic (exact) mass is 484 g/mol. The molecular formula is C27H36N2O6. The van der Waals surface area contributed by atoms with Crippen LogP contribution < -0.4 is 10.1 Å². The topological polar surface area (TPSA) is 107 Å². The van der Waals surface area contributed by atoms with Crippen molar-refractivity contribution in [2.75, 3.05) is 20.3 Å². The van der Waals surface area contributed by atoms with E-state index in [4.69, 9.17) is 14.2 Å². The van der Waals surface area contributed by atoms with Crippen LogP contribution >= 0.6 is 0 Å². The molecule has 2 N–H and O–H groups in total. The zero-order valence-corrected chi connectivity index (χ0v) is 20.9. The Balaban J connectivity index is 1.78. The van der Waals surface area contributed by atoms with Crippen molar-refractivity contribution in [2.24, 2.45) is 17.8 Å². The van der Waals surface area contributed by atoms with Crippen LogP contribution in [0.5, 0.6) is 11.5 Å². The number of cyclic esters (lactones) is 1. The predicted molar refractivity (Wildman–Crippen MR) is 131 cm³/mol. The van der Waals surface area contributed by atoms with Crippen LogP contribution in [-0.4, -0.2) is 54.4 Å². The summed E-state index contributed by atoms with van der Waals surface area (Å²) < 4.78 is 16.9. The number of aromatic nitrogens is 1. The van der Waals surface area contributed by atoms with Gasteiger partial charge in [0.1, 0.15) is 6.10 Å². The third-order valence-corrected chi connectivity index (χ3v) is 6.47. The normalized spacial score (nSPS) is 23.1. The van der Waals surface area contributed by atoms with Crippen LogP contribution in [0.3, 0.4) is 0 Å². The second-order valence-corrected chi connectivity index (χ2v) is 9.50. The fourth-order valence-corrected chi connectivity index (χ4v) is 4.42. The molecular weight excluding hydrogens is 448 g/mol. The number of esters is 1. The van der Waals surface area contributed by atoms with E-state index in [0.29, 0.717) is 12.5 Å². The number of pyridine rings is 1. The number of hydrogen-bond acceptors (Lipinski definition) is 7. The molecule has 4 atom stereocenters. The lowest BCUT2D eigenvalue weighted by molar-refractivity contribution is -0.153. The minimum atomic E-state index is -1.03. The van der Waals surface area contributed by atoms with Crippen molar-refractivity contribution in [3.8, 4) is 11.5 Å². The molecule has 0 radical (unpaired) electrons. The molecule has 1 amide bonds. The first kappa shape index (κ1) is 26.5. The molecule has 8 nitrogen and oxygen atoms in total. The Labute approximate surface area is 207 Å². The van der Waals surface area contributed by atoms with Gasteiger partial charge in [0, 0.05) is 24.8 Å². The second-order valence-electron chi connectivity index (χ2n) is 9.50. The highest BCUT2D eigenvalue weighted by atomic mass is 16.6. The Morgan fingerprint density at radius 2 is 1.97 bits per heavy atom. The number of aromatic hydroxyl groups is 1. The van der Waals surface area contributed by atoms with Gasteiger partial charge in [0.25, 0.3) is 5.91 Å². The maximum atomic E-state index is 13.1. The lowest BCUT2D eigenvalue weighted by Gasteiger charge is -2.31. The molecule has 2 heterocycles. The Hall–Kier alpha value is -3.13. The maximum Gasteiger partial charge on any atom is 0.331 e. The minimum Gasteiger partial charge on any atom is -0.503 e. The van der Waals surface area contributed by atoms with Crippen molar-refractivity contribution in [3.05, 3.63) is 53.9 Å². The van der Waals surface area contributed by atoms with E-state index >= 15 is 0 Å². The molecule has 1 saturated heterocycles. The molecule has 1 fully saturated rings.